The number of benzene rings is 3. The van der Waals surface area contributed by atoms with E-state index in [1.165, 1.54) is 16.7 Å². The second-order valence-corrected chi connectivity index (χ2v) is 13.7. The largest absolute Gasteiger partial charge is 0.376 e. The molecule has 0 bridgehead atoms. The molecule has 0 heterocycles. The zero-order valence-electron chi connectivity index (χ0n) is 28.3. The Balaban J connectivity index is 0.000000326. The van der Waals surface area contributed by atoms with Crippen LogP contribution in [0.2, 0.25) is 0 Å². The molecule has 0 unspecified atom stereocenters. The minimum Gasteiger partial charge on any atom is -0.376 e. The van der Waals surface area contributed by atoms with Crippen LogP contribution in [0.25, 0.3) is 18.2 Å². The van der Waals surface area contributed by atoms with E-state index < -0.39 is 0 Å². The van der Waals surface area contributed by atoms with Crippen LogP contribution < -0.4 is 0 Å². The highest BCUT2D eigenvalue weighted by atomic mass is 16.7. The third-order valence-electron chi connectivity index (χ3n) is 6.09. The average Bonchev–Trinajstić information content (AvgIpc) is 2.95. The van der Waals surface area contributed by atoms with Gasteiger partial charge in [0.1, 0.15) is 6.79 Å². The van der Waals surface area contributed by atoms with Gasteiger partial charge < -0.3 is 14.2 Å². The fourth-order valence-corrected chi connectivity index (χ4v) is 3.47. The first kappa shape index (κ1) is 37.8. The fourth-order valence-electron chi connectivity index (χ4n) is 3.47. The van der Waals surface area contributed by atoms with Crippen molar-refractivity contribution in [2.24, 2.45) is 5.41 Å². The molecule has 0 N–H and O–H groups in total. The molecule has 43 heavy (non-hydrogen) atoms. The Hall–Kier alpha value is -3.24. The monoisotopic (exact) mass is 584 g/mol. The van der Waals surface area contributed by atoms with Crippen molar-refractivity contribution in [3.63, 3.8) is 0 Å². The summed E-state index contributed by atoms with van der Waals surface area (Å²) in [6, 6.07) is 24.9. The lowest BCUT2D eigenvalue weighted by atomic mass is 9.87. The summed E-state index contributed by atoms with van der Waals surface area (Å²) in [5.41, 5.74) is 7.52. The molecule has 3 heteroatoms. The SMILES string of the molecule is C=Cc1ccc(C(C)(C)C)cc1.C=Cc1ccc(COCC(C)(C)C)cc1.C=Cc1ccc(COCOC(C)(C)C)cc1. The maximum absolute atomic E-state index is 5.63. The standard InChI is InChI=1S/C14H20O2.C14H20O.C12H16/c1-5-12-6-8-13(9-7-12)10-15-11-16-14(2,3)4;1-5-12-6-8-13(9-7-12)10-15-11-14(2,3)4;1-5-10-6-8-11(9-7-10)12(2,3)4/h5-9H,1,10-11H2,2-4H3;5-9H,1,10-11H2,2-4H3;5-9H,1H2,2-4H3. The molecule has 0 radical (unpaired) electrons. The molecule has 3 rings (SSSR count). The van der Waals surface area contributed by atoms with Crippen molar-refractivity contribution < 1.29 is 14.2 Å². The highest BCUT2D eigenvalue weighted by molar-refractivity contribution is 5.48. The van der Waals surface area contributed by atoms with Gasteiger partial charge in [-0.1, -0.05) is 152 Å². The molecule has 0 amide bonds. The second kappa shape index (κ2) is 18.4. The van der Waals surface area contributed by atoms with E-state index in [1.807, 2.05) is 63.3 Å². The van der Waals surface area contributed by atoms with Crippen LogP contribution in [0.4, 0.5) is 0 Å². The predicted molar refractivity (Wildman–Crippen MR) is 188 cm³/mol. The summed E-state index contributed by atoms with van der Waals surface area (Å²) in [6.07, 6.45) is 5.54. The summed E-state index contributed by atoms with van der Waals surface area (Å²) in [6.45, 7) is 32.7. The van der Waals surface area contributed by atoms with E-state index >= 15 is 0 Å². The highest BCUT2D eigenvalue weighted by Crippen LogP contribution is 2.22. The summed E-state index contributed by atoms with van der Waals surface area (Å²) in [5.74, 6) is 0. The van der Waals surface area contributed by atoms with Crippen LogP contribution in [0.15, 0.2) is 92.5 Å². The third-order valence-corrected chi connectivity index (χ3v) is 6.09. The van der Waals surface area contributed by atoms with E-state index in [2.05, 4.69) is 110 Å². The molecule has 3 nitrogen and oxygen atoms in total. The van der Waals surface area contributed by atoms with Gasteiger partial charge in [-0.2, -0.15) is 0 Å². The molecule has 0 saturated carbocycles. The van der Waals surface area contributed by atoms with Gasteiger partial charge in [-0.15, -0.1) is 0 Å². The summed E-state index contributed by atoms with van der Waals surface area (Å²) in [4.78, 5) is 0. The van der Waals surface area contributed by atoms with Crippen molar-refractivity contribution >= 4 is 18.2 Å². The number of hydrogen-bond donors (Lipinski definition) is 0. The molecule has 0 saturated heterocycles. The van der Waals surface area contributed by atoms with Gasteiger partial charge in [-0.3, -0.25) is 0 Å². The first-order chi connectivity index (χ1) is 20.1. The number of rotatable bonds is 10. The van der Waals surface area contributed by atoms with E-state index in [9.17, 15) is 0 Å². The molecule has 0 aliphatic rings. The van der Waals surface area contributed by atoms with Crippen LogP contribution in [0.5, 0.6) is 0 Å². The van der Waals surface area contributed by atoms with Gasteiger partial charge in [-0.05, 0) is 65.0 Å². The maximum atomic E-state index is 5.63. The molecule has 0 aromatic heterocycles. The summed E-state index contributed by atoms with van der Waals surface area (Å²) < 4.78 is 16.5. The van der Waals surface area contributed by atoms with Gasteiger partial charge >= 0.3 is 0 Å². The normalized spacial score (nSPS) is 11.4. The topological polar surface area (TPSA) is 27.7 Å². The molecule has 3 aromatic carbocycles. The van der Waals surface area contributed by atoms with Crippen LogP contribution in [0, 0.1) is 5.41 Å². The van der Waals surface area contributed by atoms with E-state index in [1.54, 1.807) is 0 Å². The minimum atomic E-state index is -0.146. The lowest BCUT2D eigenvalue weighted by molar-refractivity contribution is -0.125. The number of ether oxygens (including phenoxy) is 3. The van der Waals surface area contributed by atoms with Crippen LogP contribution in [0.1, 0.15) is 95.7 Å². The fraction of sp³-hybridized carbons (Fsp3) is 0.400. The molecular formula is C40H56O3. The number of hydrogen-bond acceptors (Lipinski definition) is 3. The van der Waals surface area contributed by atoms with Crippen molar-refractivity contribution in [3.8, 4) is 0 Å². The van der Waals surface area contributed by atoms with Crippen molar-refractivity contribution in [2.75, 3.05) is 13.4 Å². The highest BCUT2D eigenvalue weighted by Gasteiger charge is 2.12. The lowest BCUT2D eigenvalue weighted by Crippen LogP contribution is -2.20. The summed E-state index contributed by atoms with van der Waals surface area (Å²) in [5, 5.41) is 0. The average molecular weight is 585 g/mol. The summed E-state index contributed by atoms with van der Waals surface area (Å²) >= 11 is 0. The zero-order chi connectivity index (χ0) is 32.5. The van der Waals surface area contributed by atoms with Crippen LogP contribution >= 0.6 is 0 Å². The molecule has 3 aromatic rings. The van der Waals surface area contributed by atoms with Gasteiger partial charge in [0.15, 0.2) is 0 Å². The van der Waals surface area contributed by atoms with Crippen molar-refractivity contribution in [1.29, 1.82) is 0 Å². The van der Waals surface area contributed by atoms with E-state index in [4.69, 9.17) is 14.2 Å². The molecule has 0 aliphatic carbocycles. The van der Waals surface area contributed by atoms with Gasteiger partial charge in [0.25, 0.3) is 0 Å². The molecular weight excluding hydrogens is 528 g/mol. The Morgan fingerprint density at radius 3 is 1.23 bits per heavy atom. The van der Waals surface area contributed by atoms with Gasteiger partial charge in [-0.25, -0.2) is 0 Å². The maximum Gasteiger partial charge on any atom is 0.147 e. The first-order valence-corrected chi connectivity index (χ1v) is 15.0. The van der Waals surface area contributed by atoms with Gasteiger partial charge in [0.2, 0.25) is 0 Å². The van der Waals surface area contributed by atoms with Gasteiger partial charge in [0.05, 0.1) is 25.4 Å². The second-order valence-electron chi connectivity index (χ2n) is 13.7. The van der Waals surface area contributed by atoms with E-state index in [-0.39, 0.29) is 16.4 Å². The van der Waals surface area contributed by atoms with Crippen LogP contribution in [0.3, 0.4) is 0 Å². The Morgan fingerprint density at radius 2 is 0.907 bits per heavy atom. The molecule has 0 spiro atoms. The summed E-state index contributed by atoms with van der Waals surface area (Å²) in [7, 11) is 0. The molecule has 0 fully saturated rings. The van der Waals surface area contributed by atoms with Crippen molar-refractivity contribution in [2.45, 2.75) is 86.5 Å². The van der Waals surface area contributed by atoms with Crippen LogP contribution in [-0.2, 0) is 32.8 Å². The minimum absolute atomic E-state index is 0.146. The van der Waals surface area contributed by atoms with Crippen molar-refractivity contribution in [3.05, 3.63) is 126 Å². The van der Waals surface area contributed by atoms with Crippen molar-refractivity contribution in [1.82, 2.24) is 0 Å². The van der Waals surface area contributed by atoms with E-state index in [0.717, 1.165) is 23.3 Å². The quantitative estimate of drug-likeness (QED) is 0.175. The van der Waals surface area contributed by atoms with Crippen LogP contribution in [-0.4, -0.2) is 19.0 Å². The Labute approximate surface area is 263 Å². The smallest absolute Gasteiger partial charge is 0.147 e. The van der Waals surface area contributed by atoms with E-state index in [0.29, 0.717) is 20.0 Å². The zero-order valence-corrected chi connectivity index (χ0v) is 28.3. The molecule has 0 atom stereocenters. The third kappa shape index (κ3) is 18.1. The Bertz CT molecular complexity index is 1200. The predicted octanol–water partition coefficient (Wildman–Crippen LogP) is 11.1. The molecule has 234 valence electrons. The lowest BCUT2D eigenvalue weighted by Gasteiger charge is -2.19. The first-order valence-electron chi connectivity index (χ1n) is 15.0. The van der Waals surface area contributed by atoms with Gasteiger partial charge in [0, 0.05) is 0 Å². The molecule has 0 aliphatic heterocycles. The Morgan fingerprint density at radius 1 is 0.535 bits per heavy atom. The Kier molecular flexibility index (Phi) is 16.2.